The van der Waals surface area contributed by atoms with E-state index in [1.165, 1.54) is 0 Å². The smallest absolute Gasteiger partial charge is 0.109 e. The third-order valence-electron chi connectivity index (χ3n) is 3.99. The molecule has 0 amide bonds. The molecule has 1 aliphatic carbocycles. The summed E-state index contributed by atoms with van der Waals surface area (Å²) in [5.41, 5.74) is -0.297. The quantitative estimate of drug-likeness (QED) is 0.764. The molecule has 0 spiro atoms. The Morgan fingerprint density at radius 1 is 1.59 bits per heavy atom. The summed E-state index contributed by atoms with van der Waals surface area (Å²) in [6, 6.07) is 2.47. The summed E-state index contributed by atoms with van der Waals surface area (Å²) in [6.07, 6.45) is 4.08. The van der Waals surface area contributed by atoms with E-state index in [0.717, 1.165) is 31.4 Å². The van der Waals surface area contributed by atoms with Gasteiger partial charge in [-0.3, -0.25) is 0 Å². The van der Waals surface area contributed by atoms with E-state index in [1.54, 1.807) is 11.8 Å². The van der Waals surface area contributed by atoms with Crippen molar-refractivity contribution >= 4 is 11.8 Å². The van der Waals surface area contributed by atoms with Crippen molar-refractivity contribution < 1.29 is 5.11 Å². The Kier molecular flexibility index (Phi) is 5.78. The second-order valence-electron chi connectivity index (χ2n) is 5.03. The van der Waals surface area contributed by atoms with Crippen molar-refractivity contribution in [1.82, 2.24) is 5.32 Å². The Hall–Kier alpha value is -0.240. The summed E-state index contributed by atoms with van der Waals surface area (Å²) in [5.74, 6) is 1.49. The van der Waals surface area contributed by atoms with Crippen LogP contribution in [0.1, 0.15) is 39.5 Å². The van der Waals surface area contributed by atoms with Crippen molar-refractivity contribution in [2.24, 2.45) is 5.92 Å². The van der Waals surface area contributed by atoms with Crippen LogP contribution in [0.15, 0.2) is 0 Å². The van der Waals surface area contributed by atoms with Crippen molar-refractivity contribution in [2.75, 3.05) is 12.8 Å². The van der Waals surface area contributed by atoms with Gasteiger partial charge in [-0.05, 0) is 44.9 Å². The van der Waals surface area contributed by atoms with Crippen LogP contribution in [-0.4, -0.2) is 34.8 Å². The van der Waals surface area contributed by atoms with Crippen LogP contribution in [0.5, 0.6) is 0 Å². The molecule has 4 atom stereocenters. The molecule has 17 heavy (non-hydrogen) atoms. The Balaban J connectivity index is 2.39. The number of aliphatic hydroxyl groups is 1. The average Bonchev–Trinajstić information content (AvgIpc) is 2.72. The van der Waals surface area contributed by atoms with Crippen molar-refractivity contribution in [1.29, 1.82) is 5.26 Å². The van der Waals surface area contributed by atoms with Crippen LogP contribution >= 0.6 is 11.8 Å². The normalized spacial score (nSPS) is 32.1. The van der Waals surface area contributed by atoms with Crippen molar-refractivity contribution in [3.63, 3.8) is 0 Å². The van der Waals surface area contributed by atoms with Gasteiger partial charge in [0.2, 0.25) is 0 Å². The zero-order valence-corrected chi connectivity index (χ0v) is 11.9. The molecular formula is C13H24N2OS. The lowest BCUT2D eigenvalue weighted by atomic mass is 9.87. The summed E-state index contributed by atoms with van der Waals surface area (Å²) < 4.78 is 0. The summed E-state index contributed by atoms with van der Waals surface area (Å²) in [6.45, 7) is 3.89. The Labute approximate surface area is 109 Å². The summed E-state index contributed by atoms with van der Waals surface area (Å²) in [4.78, 5) is 0. The van der Waals surface area contributed by atoms with Gasteiger partial charge in [0.25, 0.3) is 0 Å². The maximum atomic E-state index is 9.42. The van der Waals surface area contributed by atoms with Crippen LogP contribution in [0, 0.1) is 17.2 Å². The van der Waals surface area contributed by atoms with Crippen molar-refractivity contribution in [3.8, 4) is 6.07 Å². The fourth-order valence-electron chi connectivity index (χ4n) is 2.54. The van der Waals surface area contributed by atoms with Crippen molar-refractivity contribution in [3.05, 3.63) is 0 Å². The lowest BCUT2D eigenvalue weighted by molar-refractivity contribution is 0.196. The van der Waals surface area contributed by atoms with Crippen LogP contribution in [0.2, 0.25) is 0 Å². The molecule has 1 aliphatic rings. The molecule has 0 aliphatic heterocycles. The predicted molar refractivity (Wildman–Crippen MR) is 73.0 cm³/mol. The predicted octanol–water partition coefficient (Wildman–Crippen LogP) is 2.16. The first-order valence-corrected chi connectivity index (χ1v) is 7.50. The maximum absolute atomic E-state index is 9.42. The zero-order chi connectivity index (χ0) is 12.9. The van der Waals surface area contributed by atoms with E-state index in [1.807, 2.05) is 14.0 Å². The van der Waals surface area contributed by atoms with Gasteiger partial charge < -0.3 is 10.4 Å². The first-order valence-electron chi connectivity index (χ1n) is 6.45. The van der Waals surface area contributed by atoms with Gasteiger partial charge >= 0.3 is 0 Å². The van der Waals surface area contributed by atoms with Crippen LogP contribution in [0.4, 0.5) is 0 Å². The highest BCUT2D eigenvalue weighted by molar-refractivity contribution is 7.99. The van der Waals surface area contributed by atoms with Gasteiger partial charge in [-0.25, -0.2) is 0 Å². The van der Waals surface area contributed by atoms with E-state index in [2.05, 4.69) is 18.3 Å². The highest BCUT2D eigenvalue weighted by Crippen LogP contribution is 2.38. The van der Waals surface area contributed by atoms with Crippen LogP contribution in [0.25, 0.3) is 0 Å². The van der Waals surface area contributed by atoms with Gasteiger partial charge in [0.1, 0.15) is 5.54 Å². The Bertz CT molecular complexity index is 277. The maximum Gasteiger partial charge on any atom is 0.109 e. The molecule has 0 heterocycles. The first kappa shape index (κ1) is 14.8. The Morgan fingerprint density at radius 3 is 2.82 bits per heavy atom. The average molecular weight is 256 g/mol. The summed E-state index contributed by atoms with van der Waals surface area (Å²) in [7, 11) is 1.90. The van der Waals surface area contributed by atoms with E-state index < -0.39 is 0 Å². The third-order valence-corrected chi connectivity index (χ3v) is 5.38. The molecular weight excluding hydrogens is 232 g/mol. The molecule has 1 saturated carbocycles. The second kappa shape index (κ2) is 6.63. The molecule has 98 valence electrons. The minimum Gasteiger partial charge on any atom is -0.392 e. The van der Waals surface area contributed by atoms with Gasteiger partial charge in [-0.2, -0.15) is 17.0 Å². The number of thioether (sulfide) groups is 1. The number of hydrogen-bond donors (Lipinski definition) is 2. The van der Waals surface area contributed by atoms with E-state index in [0.29, 0.717) is 5.92 Å². The number of hydrogen-bond acceptors (Lipinski definition) is 4. The monoisotopic (exact) mass is 256 g/mol. The lowest BCUT2D eigenvalue weighted by Gasteiger charge is -2.28. The van der Waals surface area contributed by atoms with Gasteiger partial charge in [0.05, 0.1) is 12.2 Å². The molecule has 0 aromatic rings. The molecule has 1 rings (SSSR count). The van der Waals surface area contributed by atoms with Gasteiger partial charge in [0.15, 0.2) is 0 Å². The molecule has 4 heteroatoms. The van der Waals surface area contributed by atoms with Gasteiger partial charge in [-0.15, -0.1) is 0 Å². The number of aliphatic hydroxyl groups excluding tert-OH is 1. The molecule has 4 unspecified atom stereocenters. The van der Waals surface area contributed by atoms with Gasteiger partial charge in [-0.1, -0.05) is 13.3 Å². The van der Waals surface area contributed by atoms with E-state index >= 15 is 0 Å². The summed E-state index contributed by atoms with van der Waals surface area (Å²) >= 11 is 1.81. The molecule has 0 saturated heterocycles. The highest BCUT2D eigenvalue weighted by atomic mass is 32.2. The number of nitriles is 1. The third kappa shape index (κ3) is 3.61. The lowest BCUT2D eigenvalue weighted by Crippen LogP contribution is -2.45. The number of nitrogens with zero attached hydrogens (tertiary/aromatic N) is 1. The second-order valence-corrected chi connectivity index (χ2v) is 6.51. The highest BCUT2D eigenvalue weighted by Gasteiger charge is 2.41. The van der Waals surface area contributed by atoms with E-state index in [-0.39, 0.29) is 16.9 Å². The minimum atomic E-state index is -0.297. The minimum absolute atomic E-state index is 0.256. The first-order chi connectivity index (χ1) is 8.05. The topological polar surface area (TPSA) is 56.0 Å². The van der Waals surface area contributed by atoms with Crippen LogP contribution < -0.4 is 5.32 Å². The van der Waals surface area contributed by atoms with Crippen LogP contribution in [0.3, 0.4) is 0 Å². The van der Waals surface area contributed by atoms with E-state index in [4.69, 9.17) is 0 Å². The fraction of sp³-hybridized carbons (Fsp3) is 0.923. The SMILES string of the molecule is CNC1(C#N)CCCC1CCSC(C)C(C)O. The fourth-order valence-corrected chi connectivity index (χ4v) is 3.61. The van der Waals surface area contributed by atoms with Crippen LogP contribution in [-0.2, 0) is 0 Å². The molecule has 0 aromatic heterocycles. The van der Waals surface area contributed by atoms with Crippen molar-refractivity contribution in [2.45, 2.75) is 56.4 Å². The zero-order valence-electron chi connectivity index (χ0n) is 11.1. The summed E-state index contributed by atoms with van der Waals surface area (Å²) in [5, 5.41) is 22.2. The number of nitrogens with one attached hydrogen (secondary N) is 1. The van der Waals surface area contributed by atoms with E-state index in [9.17, 15) is 10.4 Å². The molecule has 0 radical (unpaired) electrons. The molecule has 2 N–H and O–H groups in total. The largest absolute Gasteiger partial charge is 0.392 e. The molecule has 0 bridgehead atoms. The Morgan fingerprint density at radius 2 is 2.29 bits per heavy atom. The molecule has 3 nitrogen and oxygen atoms in total. The molecule has 0 aromatic carbocycles. The van der Waals surface area contributed by atoms with Gasteiger partial charge in [0, 0.05) is 5.25 Å². The number of rotatable bonds is 6. The molecule has 1 fully saturated rings. The standard InChI is InChI=1S/C13H24N2OS/c1-10(16)11(2)17-8-6-12-5-4-7-13(12,9-14)15-3/h10-12,15-16H,4-8H2,1-3H3.